The van der Waals surface area contributed by atoms with Crippen LogP contribution < -0.4 is 51.4 Å². The summed E-state index contributed by atoms with van der Waals surface area (Å²) in [5, 5.41) is 0. The summed E-state index contributed by atoms with van der Waals surface area (Å²) in [5.41, 5.74) is 0. The number of ether oxygens (including phenoxy) is 1. The van der Waals surface area contributed by atoms with Gasteiger partial charge in [-0.05, 0) is 6.42 Å². The van der Waals surface area contributed by atoms with E-state index in [-0.39, 0.29) is 58.8 Å². The van der Waals surface area contributed by atoms with Crippen molar-refractivity contribution in [2.24, 2.45) is 0 Å². The van der Waals surface area contributed by atoms with E-state index in [1.807, 2.05) is 0 Å². The summed E-state index contributed by atoms with van der Waals surface area (Å²) in [6.07, 6.45) is 20.0. The summed E-state index contributed by atoms with van der Waals surface area (Å²) in [5.74, 6) is -0.886. The van der Waals surface area contributed by atoms with Gasteiger partial charge in [0.25, 0.3) is 0 Å². The molecule has 0 saturated carbocycles. The second-order valence-electron chi connectivity index (χ2n) is 6.67. The van der Waals surface area contributed by atoms with Crippen LogP contribution in [0, 0.1) is 0 Å². The molecule has 0 aromatic heterocycles. The summed E-state index contributed by atoms with van der Waals surface area (Å²) < 4.78 is 4.49. The number of carbonyl (C=O) groups excluding carboxylic acids is 2. The zero-order valence-electron chi connectivity index (χ0n) is 17.5. The maximum absolute atomic E-state index is 11.1. The zero-order chi connectivity index (χ0) is 17.2. The van der Waals surface area contributed by atoms with Crippen molar-refractivity contribution in [1.29, 1.82) is 0 Å². The van der Waals surface area contributed by atoms with Gasteiger partial charge in [-0.25, -0.2) is 0 Å². The molecular weight excluding hydrogens is 327 g/mol. The molecule has 0 aromatic rings. The normalized spacial score (nSPS) is 10.2. The molecule has 138 valence electrons. The van der Waals surface area contributed by atoms with Crippen molar-refractivity contribution in [3.05, 3.63) is 0 Å². The number of unbranched alkanes of at least 4 members (excludes halogenated alkanes) is 14. The monoisotopic (exact) mass is 366 g/mol. The van der Waals surface area contributed by atoms with Crippen molar-refractivity contribution >= 4 is 11.9 Å². The number of hydrogen-bond donors (Lipinski definition) is 0. The largest absolute Gasteiger partial charge is 1.00 e. The standard InChI is InChI=1S/C20H38O3.K.H/c1-3-4-5-6-7-8-9-10-11-12-13-14-15-16-17-18-20(22)23-19(2)21;;/h3-18H2,1-2H3;;/q;+1;-1. The van der Waals surface area contributed by atoms with Gasteiger partial charge in [-0.2, -0.15) is 0 Å². The maximum atomic E-state index is 11.1. The predicted molar refractivity (Wildman–Crippen MR) is 97.4 cm³/mol. The SMILES string of the molecule is CCCCCCCCCCCCCCCCCC(=O)OC(C)=O.[H-].[K+]. The predicted octanol–water partition coefficient (Wildman–Crippen LogP) is 3.45. The van der Waals surface area contributed by atoms with E-state index in [0.717, 1.165) is 12.8 Å². The minimum Gasteiger partial charge on any atom is -1.00 e. The van der Waals surface area contributed by atoms with Gasteiger partial charge in [0, 0.05) is 13.3 Å². The van der Waals surface area contributed by atoms with Crippen LogP contribution in [0.1, 0.15) is 118 Å². The third-order valence-electron chi connectivity index (χ3n) is 4.24. The number of esters is 2. The molecule has 0 radical (unpaired) electrons. The molecule has 4 heteroatoms. The van der Waals surface area contributed by atoms with Gasteiger partial charge < -0.3 is 6.16 Å². The van der Waals surface area contributed by atoms with E-state index >= 15 is 0 Å². The smallest absolute Gasteiger partial charge is 1.00 e. The van der Waals surface area contributed by atoms with Crippen molar-refractivity contribution in [2.45, 2.75) is 117 Å². The average Bonchev–Trinajstić information content (AvgIpc) is 2.50. The van der Waals surface area contributed by atoms with E-state index in [1.165, 1.54) is 90.4 Å². The minimum atomic E-state index is -0.504. The summed E-state index contributed by atoms with van der Waals surface area (Å²) in [6, 6.07) is 0. The fraction of sp³-hybridized carbons (Fsp3) is 0.900. The van der Waals surface area contributed by atoms with Gasteiger partial charge in [0.05, 0.1) is 0 Å². The number of carbonyl (C=O) groups is 2. The Bertz CT molecular complexity index is 299. The van der Waals surface area contributed by atoms with E-state index in [0.29, 0.717) is 6.42 Å². The summed E-state index contributed by atoms with van der Waals surface area (Å²) >= 11 is 0. The molecule has 0 N–H and O–H groups in total. The Kier molecular flexibility index (Phi) is 24.5. The molecule has 0 aromatic carbocycles. The van der Waals surface area contributed by atoms with Crippen molar-refractivity contribution in [3.63, 3.8) is 0 Å². The summed E-state index contributed by atoms with van der Waals surface area (Å²) in [7, 11) is 0. The molecule has 0 aliphatic heterocycles. The van der Waals surface area contributed by atoms with Crippen LogP contribution in [0.15, 0.2) is 0 Å². The van der Waals surface area contributed by atoms with Gasteiger partial charge in [0.1, 0.15) is 0 Å². The van der Waals surface area contributed by atoms with Crippen LogP contribution >= 0.6 is 0 Å². The first-order chi connectivity index (χ1) is 11.2. The van der Waals surface area contributed by atoms with Gasteiger partial charge >= 0.3 is 63.3 Å². The summed E-state index contributed by atoms with van der Waals surface area (Å²) in [6.45, 7) is 3.53. The molecule has 0 spiro atoms. The molecule has 3 nitrogen and oxygen atoms in total. The fourth-order valence-corrected chi connectivity index (χ4v) is 2.85. The number of hydrogen-bond acceptors (Lipinski definition) is 3. The quantitative estimate of drug-likeness (QED) is 0.182. The minimum absolute atomic E-state index is 0. The Hall–Kier alpha value is 0.776. The van der Waals surface area contributed by atoms with Crippen molar-refractivity contribution in [1.82, 2.24) is 0 Å². The molecule has 0 amide bonds. The van der Waals surface area contributed by atoms with Crippen LogP contribution in [0.5, 0.6) is 0 Å². The molecule has 0 heterocycles. The maximum Gasteiger partial charge on any atom is 1.00 e. The van der Waals surface area contributed by atoms with Gasteiger partial charge in [0.2, 0.25) is 0 Å². The van der Waals surface area contributed by atoms with Crippen LogP contribution in [0.4, 0.5) is 0 Å². The molecule has 0 unspecified atom stereocenters. The number of rotatable bonds is 16. The second kappa shape index (κ2) is 21.8. The third-order valence-corrected chi connectivity index (χ3v) is 4.24. The van der Waals surface area contributed by atoms with Gasteiger partial charge in [-0.15, -0.1) is 0 Å². The van der Waals surface area contributed by atoms with E-state index in [9.17, 15) is 9.59 Å². The van der Waals surface area contributed by atoms with E-state index in [2.05, 4.69) is 11.7 Å². The molecule has 0 fully saturated rings. The third kappa shape index (κ3) is 22.8. The molecule has 0 aliphatic rings. The Labute approximate surface area is 194 Å². The first kappa shape index (κ1) is 27.0. The van der Waals surface area contributed by atoms with Crippen LogP contribution in [0.3, 0.4) is 0 Å². The van der Waals surface area contributed by atoms with E-state index in [1.54, 1.807) is 0 Å². The Morgan fingerprint density at radius 1 is 0.667 bits per heavy atom. The molecule has 0 atom stereocenters. The first-order valence-corrected chi connectivity index (χ1v) is 9.88. The average molecular weight is 367 g/mol. The van der Waals surface area contributed by atoms with Crippen molar-refractivity contribution in [3.8, 4) is 0 Å². The Balaban J connectivity index is -0.00000242. The van der Waals surface area contributed by atoms with Crippen LogP contribution in [0.2, 0.25) is 0 Å². The van der Waals surface area contributed by atoms with Crippen LogP contribution in [-0.2, 0) is 14.3 Å². The van der Waals surface area contributed by atoms with E-state index in [4.69, 9.17) is 0 Å². The van der Waals surface area contributed by atoms with Gasteiger partial charge in [-0.3, -0.25) is 9.59 Å². The van der Waals surface area contributed by atoms with E-state index < -0.39 is 5.97 Å². The van der Waals surface area contributed by atoms with Crippen LogP contribution in [0.25, 0.3) is 0 Å². The summed E-state index contributed by atoms with van der Waals surface area (Å²) in [4.78, 5) is 21.7. The zero-order valence-corrected chi connectivity index (χ0v) is 19.7. The topological polar surface area (TPSA) is 43.4 Å². The Morgan fingerprint density at radius 2 is 1.00 bits per heavy atom. The molecule has 0 saturated heterocycles. The first-order valence-electron chi connectivity index (χ1n) is 9.88. The molecule has 24 heavy (non-hydrogen) atoms. The fourth-order valence-electron chi connectivity index (χ4n) is 2.85. The molecule has 0 aliphatic carbocycles. The molecular formula is C20H39KO3. The van der Waals surface area contributed by atoms with Crippen molar-refractivity contribution in [2.75, 3.05) is 0 Å². The molecule has 0 rings (SSSR count). The second-order valence-corrected chi connectivity index (χ2v) is 6.67. The van der Waals surface area contributed by atoms with Gasteiger partial charge in [0.15, 0.2) is 0 Å². The van der Waals surface area contributed by atoms with Crippen molar-refractivity contribution < 1.29 is 67.1 Å². The molecule has 0 bridgehead atoms. The Morgan fingerprint density at radius 3 is 1.33 bits per heavy atom. The van der Waals surface area contributed by atoms with Crippen LogP contribution in [-0.4, -0.2) is 11.9 Å². The van der Waals surface area contributed by atoms with Gasteiger partial charge in [-0.1, -0.05) is 96.8 Å².